The molecule has 0 fully saturated rings. The Hall–Kier alpha value is -1.22. The van der Waals surface area contributed by atoms with E-state index in [1.807, 2.05) is 26.0 Å². The molecule has 1 aromatic heterocycles. The molecule has 17 heavy (non-hydrogen) atoms. The van der Waals surface area contributed by atoms with Gasteiger partial charge in [-0.25, -0.2) is 0 Å². The number of hydrogen-bond donors (Lipinski definition) is 0. The predicted octanol–water partition coefficient (Wildman–Crippen LogP) is 2.79. The van der Waals surface area contributed by atoms with Gasteiger partial charge in [-0.05, 0) is 44.4 Å². The van der Waals surface area contributed by atoms with Crippen LogP contribution in [-0.4, -0.2) is 23.5 Å². The van der Waals surface area contributed by atoms with Gasteiger partial charge in [-0.3, -0.25) is 9.78 Å². The van der Waals surface area contributed by atoms with Crippen LogP contribution >= 0.6 is 0 Å². The average molecular weight is 235 g/mol. The van der Waals surface area contributed by atoms with Crippen LogP contribution in [0.2, 0.25) is 0 Å². The summed E-state index contributed by atoms with van der Waals surface area (Å²) in [6.45, 7) is 4.01. The highest BCUT2D eigenvalue weighted by Crippen LogP contribution is 2.16. The normalized spacial score (nSPS) is 11.5. The fourth-order valence-corrected chi connectivity index (χ4v) is 1.50. The largest absolute Gasteiger partial charge is 0.379 e. The quantitative estimate of drug-likeness (QED) is 0.729. The van der Waals surface area contributed by atoms with Gasteiger partial charge in [0.15, 0.2) is 0 Å². The topological polar surface area (TPSA) is 39.2 Å². The molecule has 1 heterocycles. The summed E-state index contributed by atoms with van der Waals surface area (Å²) in [7, 11) is 1.68. The van der Waals surface area contributed by atoms with Gasteiger partial charge in [0.1, 0.15) is 5.78 Å². The number of hydrogen-bond acceptors (Lipinski definition) is 3. The summed E-state index contributed by atoms with van der Waals surface area (Å²) >= 11 is 0. The van der Waals surface area contributed by atoms with E-state index >= 15 is 0 Å². The number of methoxy groups -OCH3 is 1. The van der Waals surface area contributed by atoms with E-state index < -0.39 is 0 Å². The Balaban J connectivity index is 2.27. The number of carbonyl (C=O) groups is 1. The second-order valence-corrected chi connectivity index (χ2v) is 4.86. The molecule has 0 spiro atoms. The highest BCUT2D eigenvalue weighted by molar-refractivity contribution is 5.78. The number of ketones is 1. The summed E-state index contributed by atoms with van der Waals surface area (Å²) in [6.07, 6.45) is 6.28. The van der Waals surface area contributed by atoms with Gasteiger partial charge >= 0.3 is 0 Å². The standard InChI is InChI=1S/C14H21NO2/c1-14(2,17-3)9-6-13(16)5-4-12-7-10-15-11-8-12/h7-8,10-11H,4-6,9H2,1-3H3. The summed E-state index contributed by atoms with van der Waals surface area (Å²) in [6, 6.07) is 3.90. The first-order valence-electron chi connectivity index (χ1n) is 5.99. The number of aryl methyl sites for hydroxylation is 1. The van der Waals surface area contributed by atoms with Gasteiger partial charge < -0.3 is 4.74 Å². The molecule has 0 radical (unpaired) electrons. The lowest BCUT2D eigenvalue weighted by Gasteiger charge is -2.22. The number of nitrogens with zero attached hydrogens (tertiary/aromatic N) is 1. The molecular formula is C14H21NO2. The molecule has 0 aromatic carbocycles. The molecule has 0 N–H and O–H groups in total. The smallest absolute Gasteiger partial charge is 0.133 e. The highest BCUT2D eigenvalue weighted by atomic mass is 16.5. The summed E-state index contributed by atoms with van der Waals surface area (Å²) in [5, 5.41) is 0. The Bertz CT molecular complexity index is 346. The Labute approximate surface area is 103 Å². The van der Waals surface area contributed by atoms with Crippen molar-refractivity contribution in [2.45, 2.75) is 45.1 Å². The van der Waals surface area contributed by atoms with Crippen LogP contribution in [0.15, 0.2) is 24.5 Å². The molecule has 0 aliphatic rings. The Morgan fingerprint density at radius 2 is 1.94 bits per heavy atom. The van der Waals surface area contributed by atoms with Crippen molar-refractivity contribution >= 4 is 5.78 Å². The molecule has 0 amide bonds. The van der Waals surface area contributed by atoms with Crippen LogP contribution in [-0.2, 0) is 16.0 Å². The lowest BCUT2D eigenvalue weighted by atomic mass is 9.98. The van der Waals surface area contributed by atoms with Gasteiger partial charge in [0.05, 0.1) is 5.60 Å². The molecule has 0 atom stereocenters. The van der Waals surface area contributed by atoms with E-state index in [9.17, 15) is 4.79 Å². The zero-order valence-electron chi connectivity index (χ0n) is 10.9. The number of carbonyl (C=O) groups excluding carboxylic acids is 1. The highest BCUT2D eigenvalue weighted by Gasteiger charge is 2.17. The maximum absolute atomic E-state index is 11.7. The fourth-order valence-electron chi connectivity index (χ4n) is 1.50. The lowest BCUT2D eigenvalue weighted by Crippen LogP contribution is -2.23. The Kier molecular flexibility index (Phi) is 5.29. The first-order valence-corrected chi connectivity index (χ1v) is 5.99. The van der Waals surface area contributed by atoms with Gasteiger partial charge in [0.2, 0.25) is 0 Å². The maximum Gasteiger partial charge on any atom is 0.133 e. The van der Waals surface area contributed by atoms with Crippen LogP contribution in [0.1, 0.15) is 38.7 Å². The van der Waals surface area contributed by atoms with E-state index in [-0.39, 0.29) is 5.60 Å². The molecule has 0 saturated heterocycles. The first-order chi connectivity index (χ1) is 8.03. The number of aromatic nitrogens is 1. The van der Waals surface area contributed by atoms with Gasteiger partial charge in [-0.15, -0.1) is 0 Å². The Morgan fingerprint density at radius 1 is 1.29 bits per heavy atom. The van der Waals surface area contributed by atoms with E-state index in [0.717, 1.165) is 12.8 Å². The van der Waals surface area contributed by atoms with Crippen LogP contribution < -0.4 is 0 Å². The average Bonchev–Trinajstić information content (AvgIpc) is 2.35. The fraction of sp³-hybridized carbons (Fsp3) is 0.571. The van der Waals surface area contributed by atoms with Crippen LogP contribution in [0.5, 0.6) is 0 Å². The van der Waals surface area contributed by atoms with Crippen molar-refractivity contribution in [3.63, 3.8) is 0 Å². The minimum absolute atomic E-state index is 0.202. The summed E-state index contributed by atoms with van der Waals surface area (Å²) in [4.78, 5) is 15.7. The van der Waals surface area contributed by atoms with E-state index in [0.29, 0.717) is 18.6 Å². The monoisotopic (exact) mass is 235 g/mol. The van der Waals surface area contributed by atoms with Crippen molar-refractivity contribution in [1.82, 2.24) is 4.98 Å². The second kappa shape index (κ2) is 6.50. The van der Waals surface area contributed by atoms with Crippen molar-refractivity contribution in [3.05, 3.63) is 30.1 Å². The van der Waals surface area contributed by atoms with E-state index in [1.165, 1.54) is 5.56 Å². The molecule has 0 saturated carbocycles. The van der Waals surface area contributed by atoms with Gasteiger partial charge in [-0.1, -0.05) is 0 Å². The van der Waals surface area contributed by atoms with Crippen LogP contribution in [0.4, 0.5) is 0 Å². The number of Topliss-reactive ketones (excluding diaryl/α,β-unsaturated/α-hetero) is 1. The maximum atomic E-state index is 11.7. The van der Waals surface area contributed by atoms with Crippen molar-refractivity contribution < 1.29 is 9.53 Å². The molecule has 3 heteroatoms. The van der Waals surface area contributed by atoms with Gasteiger partial charge in [0, 0.05) is 32.3 Å². The van der Waals surface area contributed by atoms with Gasteiger partial charge in [0.25, 0.3) is 0 Å². The van der Waals surface area contributed by atoms with E-state index in [4.69, 9.17) is 4.74 Å². The number of rotatable bonds is 7. The third-order valence-electron chi connectivity index (χ3n) is 3.00. The summed E-state index contributed by atoms with van der Waals surface area (Å²) in [5.41, 5.74) is 0.964. The second-order valence-electron chi connectivity index (χ2n) is 4.86. The minimum Gasteiger partial charge on any atom is -0.379 e. The minimum atomic E-state index is -0.202. The molecule has 3 nitrogen and oxygen atoms in total. The molecule has 0 aliphatic heterocycles. The number of pyridine rings is 1. The summed E-state index contributed by atoms with van der Waals surface area (Å²) in [5.74, 6) is 0.298. The molecule has 0 aliphatic carbocycles. The molecular weight excluding hydrogens is 214 g/mol. The third-order valence-corrected chi connectivity index (χ3v) is 3.00. The molecule has 94 valence electrons. The number of ether oxygens (including phenoxy) is 1. The first kappa shape index (κ1) is 13.8. The lowest BCUT2D eigenvalue weighted by molar-refractivity contribution is -0.120. The summed E-state index contributed by atoms with van der Waals surface area (Å²) < 4.78 is 5.29. The van der Waals surface area contributed by atoms with Gasteiger partial charge in [-0.2, -0.15) is 0 Å². The third kappa shape index (κ3) is 5.59. The van der Waals surface area contributed by atoms with Crippen molar-refractivity contribution in [3.8, 4) is 0 Å². The van der Waals surface area contributed by atoms with Crippen molar-refractivity contribution in [2.24, 2.45) is 0 Å². The van der Waals surface area contributed by atoms with E-state index in [2.05, 4.69) is 4.98 Å². The molecule has 1 aromatic rings. The van der Waals surface area contributed by atoms with Crippen LogP contribution in [0.25, 0.3) is 0 Å². The molecule has 0 unspecified atom stereocenters. The molecule has 0 bridgehead atoms. The van der Waals surface area contributed by atoms with Crippen molar-refractivity contribution in [1.29, 1.82) is 0 Å². The predicted molar refractivity (Wildman–Crippen MR) is 67.9 cm³/mol. The van der Waals surface area contributed by atoms with Crippen molar-refractivity contribution in [2.75, 3.05) is 7.11 Å². The van der Waals surface area contributed by atoms with Crippen LogP contribution in [0.3, 0.4) is 0 Å². The zero-order chi connectivity index (χ0) is 12.7. The zero-order valence-corrected chi connectivity index (χ0v) is 10.9. The molecule has 1 rings (SSSR count). The Morgan fingerprint density at radius 3 is 2.53 bits per heavy atom. The SMILES string of the molecule is COC(C)(C)CCC(=O)CCc1ccncc1. The van der Waals surface area contributed by atoms with E-state index in [1.54, 1.807) is 19.5 Å². The van der Waals surface area contributed by atoms with Crippen LogP contribution in [0, 0.1) is 0 Å².